The van der Waals surface area contributed by atoms with Crippen molar-refractivity contribution in [1.29, 1.82) is 0 Å². The first-order valence-electron chi connectivity index (χ1n) is 9.24. The third kappa shape index (κ3) is 5.72. The van der Waals surface area contributed by atoms with Crippen LogP contribution >= 0.6 is 0 Å². The van der Waals surface area contributed by atoms with Crippen molar-refractivity contribution in [2.24, 2.45) is 0 Å². The monoisotopic (exact) mass is 348 g/mol. The molecular formula is C20H32N2O3. The summed E-state index contributed by atoms with van der Waals surface area (Å²) in [6.45, 7) is 10.3. The molecule has 5 nitrogen and oxygen atoms in total. The maximum atomic E-state index is 12.6. The normalized spacial score (nSPS) is 17.7. The summed E-state index contributed by atoms with van der Waals surface area (Å²) in [4.78, 5) is 16.6. The van der Waals surface area contributed by atoms with E-state index in [-0.39, 0.29) is 18.0 Å². The Bertz CT molecular complexity index is 529. The van der Waals surface area contributed by atoms with E-state index in [4.69, 9.17) is 4.74 Å². The molecule has 0 atom stereocenters. The first kappa shape index (κ1) is 19.7. The van der Waals surface area contributed by atoms with Crippen LogP contribution in [0.25, 0.3) is 0 Å². The Morgan fingerprint density at radius 2 is 1.72 bits per heavy atom. The molecule has 5 heteroatoms. The van der Waals surface area contributed by atoms with Crippen LogP contribution in [0.15, 0.2) is 30.3 Å². The van der Waals surface area contributed by atoms with E-state index in [1.807, 2.05) is 62.9 Å². The van der Waals surface area contributed by atoms with Crippen LogP contribution in [0.2, 0.25) is 0 Å². The minimum absolute atomic E-state index is 0.163. The maximum absolute atomic E-state index is 12.6. The molecule has 1 aliphatic rings. The van der Waals surface area contributed by atoms with Crippen molar-refractivity contribution >= 4 is 5.91 Å². The van der Waals surface area contributed by atoms with Crippen molar-refractivity contribution in [2.45, 2.75) is 58.2 Å². The highest BCUT2D eigenvalue weighted by Crippen LogP contribution is 2.24. The largest absolute Gasteiger partial charge is 0.491 e. The van der Waals surface area contributed by atoms with Crippen LogP contribution in [0.3, 0.4) is 0 Å². The zero-order valence-corrected chi connectivity index (χ0v) is 15.9. The molecule has 25 heavy (non-hydrogen) atoms. The average molecular weight is 348 g/mol. The zero-order chi connectivity index (χ0) is 18.4. The Hall–Kier alpha value is -1.59. The van der Waals surface area contributed by atoms with Gasteiger partial charge in [-0.25, -0.2) is 0 Å². The third-order valence-electron chi connectivity index (χ3n) is 4.80. The number of carbonyl (C=O) groups is 1. The van der Waals surface area contributed by atoms with Gasteiger partial charge in [-0.05, 0) is 52.7 Å². The lowest BCUT2D eigenvalue weighted by Gasteiger charge is -2.39. The van der Waals surface area contributed by atoms with Gasteiger partial charge in [0.2, 0.25) is 5.91 Å². The van der Waals surface area contributed by atoms with Gasteiger partial charge in [0.25, 0.3) is 0 Å². The second kappa shape index (κ2) is 8.68. The number of aliphatic hydroxyl groups is 1. The number of amides is 1. The lowest BCUT2D eigenvalue weighted by atomic mass is 9.92. The average Bonchev–Trinajstić information content (AvgIpc) is 2.56. The van der Waals surface area contributed by atoms with Gasteiger partial charge in [-0.2, -0.15) is 0 Å². The summed E-state index contributed by atoms with van der Waals surface area (Å²) < 4.78 is 5.72. The SMILES string of the molecule is CC(C)N(C(=O)CN1CCC(O)(COc2ccccc2)CC1)C(C)C. The highest BCUT2D eigenvalue weighted by molar-refractivity contribution is 5.78. The molecule has 0 aliphatic carbocycles. The number of carbonyl (C=O) groups excluding carboxylic acids is 1. The number of rotatable bonds is 7. The standard InChI is InChI=1S/C20H32N2O3/c1-16(2)22(17(3)4)19(23)14-21-12-10-20(24,11-13-21)15-25-18-8-6-5-7-9-18/h5-9,16-17,24H,10-15H2,1-4H3. The van der Waals surface area contributed by atoms with Crippen LogP contribution in [-0.4, -0.2) is 64.7 Å². The number of hydrogen-bond acceptors (Lipinski definition) is 4. The van der Waals surface area contributed by atoms with Gasteiger partial charge in [0, 0.05) is 25.2 Å². The number of para-hydroxylation sites is 1. The van der Waals surface area contributed by atoms with Gasteiger partial charge in [-0.3, -0.25) is 9.69 Å². The number of ether oxygens (including phenoxy) is 1. The smallest absolute Gasteiger partial charge is 0.237 e. The molecule has 1 N–H and O–H groups in total. The lowest BCUT2D eigenvalue weighted by Crippen LogP contribution is -2.52. The van der Waals surface area contributed by atoms with Crippen molar-refractivity contribution in [3.05, 3.63) is 30.3 Å². The Labute approximate surface area is 151 Å². The summed E-state index contributed by atoms with van der Waals surface area (Å²) in [6.07, 6.45) is 1.24. The second-order valence-corrected chi connectivity index (χ2v) is 7.59. The molecule has 1 heterocycles. The molecule has 1 aromatic carbocycles. The van der Waals surface area contributed by atoms with Crippen molar-refractivity contribution < 1.29 is 14.6 Å². The van der Waals surface area contributed by atoms with Gasteiger partial charge >= 0.3 is 0 Å². The van der Waals surface area contributed by atoms with Crippen LogP contribution in [0.5, 0.6) is 5.75 Å². The van der Waals surface area contributed by atoms with Gasteiger partial charge in [-0.1, -0.05) is 18.2 Å². The first-order chi connectivity index (χ1) is 11.8. The van der Waals surface area contributed by atoms with Crippen LogP contribution in [-0.2, 0) is 4.79 Å². The molecule has 2 rings (SSSR count). The van der Waals surface area contributed by atoms with Crippen molar-refractivity contribution in [2.75, 3.05) is 26.2 Å². The predicted molar refractivity (Wildman–Crippen MR) is 99.7 cm³/mol. The molecule has 1 saturated heterocycles. The molecule has 1 aliphatic heterocycles. The topological polar surface area (TPSA) is 53.0 Å². The van der Waals surface area contributed by atoms with E-state index >= 15 is 0 Å². The van der Waals surface area contributed by atoms with Crippen molar-refractivity contribution in [3.63, 3.8) is 0 Å². The van der Waals surface area contributed by atoms with Crippen molar-refractivity contribution in [3.8, 4) is 5.75 Å². The van der Waals surface area contributed by atoms with Crippen LogP contribution in [0, 0.1) is 0 Å². The number of nitrogens with zero attached hydrogens (tertiary/aromatic N) is 2. The molecule has 0 radical (unpaired) electrons. The van der Waals surface area contributed by atoms with Gasteiger partial charge < -0.3 is 14.7 Å². The van der Waals surface area contributed by atoms with E-state index in [9.17, 15) is 9.90 Å². The number of hydrogen-bond donors (Lipinski definition) is 1. The molecule has 1 amide bonds. The van der Waals surface area contributed by atoms with E-state index in [1.165, 1.54) is 0 Å². The Morgan fingerprint density at radius 1 is 1.16 bits per heavy atom. The molecule has 0 bridgehead atoms. The minimum Gasteiger partial charge on any atom is -0.491 e. The summed E-state index contributed by atoms with van der Waals surface area (Å²) in [5.74, 6) is 0.939. The molecule has 0 aromatic heterocycles. The van der Waals surface area contributed by atoms with E-state index in [0.717, 1.165) is 5.75 Å². The van der Waals surface area contributed by atoms with Crippen LogP contribution in [0.1, 0.15) is 40.5 Å². The molecule has 0 spiro atoms. The zero-order valence-electron chi connectivity index (χ0n) is 15.9. The van der Waals surface area contributed by atoms with Gasteiger partial charge in [0.15, 0.2) is 0 Å². The molecular weight excluding hydrogens is 316 g/mol. The Balaban J connectivity index is 1.81. The summed E-state index contributed by atoms with van der Waals surface area (Å²) in [5.41, 5.74) is -0.814. The van der Waals surface area contributed by atoms with Gasteiger partial charge in [-0.15, -0.1) is 0 Å². The Kier molecular flexibility index (Phi) is 6.85. The quantitative estimate of drug-likeness (QED) is 0.823. The van der Waals surface area contributed by atoms with Crippen LogP contribution in [0.4, 0.5) is 0 Å². The van der Waals surface area contributed by atoms with E-state index < -0.39 is 5.60 Å². The van der Waals surface area contributed by atoms with E-state index in [0.29, 0.717) is 39.1 Å². The predicted octanol–water partition coefficient (Wildman–Crippen LogP) is 2.54. The lowest BCUT2D eigenvalue weighted by molar-refractivity contribution is -0.137. The molecule has 1 fully saturated rings. The first-order valence-corrected chi connectivity index (χ1v) is 9.24. The van der Waals surface area contributed by atoms with Crippen LogP contribution < -0.4 is 4.74 Å². The summed E-state index contributed by atoms with van der Waals surface area (Å²) in [6, 6.07) is 9.97. The minimum atomic E-state index is -0.814. The molecule has 140 valence electrons. The highest BCUT2D eigenvalue weighted by Gasteiger charge is 2.34. The molecule has 1 aromatic rings. The van der Waals surface area contributed by atoms with Gasteiger partial charge in [0.1, 0.15) is 18.0 Å². The maximum Gasteiger partial charge on any atom is 0.237 e. The third-order valence-corrected chi connectivity index (χ3v) is 4.80. The number of likely N-dealkylation sites (tertiary alicyclic amines) is 1. The summed E-state index contributed by atoms with van der Waals surface area (Å²) in [5, 5.41) is 10.7. The molecule has 0 unspecified atom stereocenters. The fourth-order valence-electron chi connectivity index (χ4n) is 3.45. The van der Waals surface area contributed by atoms with Crippen molar-refractivity contribution in [1.82, 2.24) is 9.80 Å². The second-order valence-electron chi connectivity index (χ2n) is 7.59. The molecule has 0 saturated carbocycles. The van der Waals surface area contributed by atoms with Gasteiger partial charge in [0.05, 0.1) is 6.54 Å². The van der Waals surface area contributed by atoms with E-state index in [1.54, 1.807) is 0 Å². The fraction of sp³-hybridized carbons (Fsp3) is 0.650. The number of piperidine rings is 1. The summed E-state index contributed by atoms with van der Waals surface area (Å²) in [7, 11) is 0. The fourth-order valence-corrected chi connectivity index (χ4v) is 3.45. The Morgan fingerprint density at radius 3 is 2.24 bits per heavy atom. The van der Waals surface area contributed by atoms with E-state index in [2.05, 4.69) is 4.90 Å². The number of benzene rings is 1. The highest BCUT2D eigenvalue weighted by atomic mass is 16.5. The summed E-state index contributed by atoms with van der Waals surface area (Å²) >= 11 is 0.